The van der Waals surface area contributed by atoms with Crippen LogP contribution in [-0.2, 0) is 0 Å². The molecular formula is C17H26N2. The van der Waals surface area contributed by atoms with Crippen molar-refractivity contribution in [1.29, 1.82) is 0 Å². The molecule has 2 N–H and O–H groups in total. The van der Waals surface area contributed by atoms with Crippen molar-refractivity contribution >= 4 is 0 Å². The number of hydrogen-bond acceptors (Lipinski definition) is 2. The topological polar surface area (TPSA) is 29.3 Å². The summed E-state index contributed by atoms with van der Waals surface area (Å²) in [5.74, 6) is 1.89. The van der Waals surface area contributed by atoms with Crippen LogP contribution in [0.25, 0.3) is 0 Å². The summed E-state index contributed by atoms with van der Waals surface area (Å²) in [5, 5.41) is 0. The van der Waals surface area contributed by atoms with E-state index in [0.717, 1.165) is 18.4 Å². The Kier molecular flexibility index (Phi) is 3.64. The van der Waals surface area contributed by atoms with Gasteiger partial charge in [-0.15, -0.1) is 0 Å². The van der Waals surface area contributed by atoms with E-state index in [4.69, 9.17) is 5.73 Å². The summed E-state index contributed by atoms with van der Waals surface area (Å²) in [6.07, 6.45) is 4.32. The van der Waals surface area contributed by atoms with Crippen molar-refractivity contribution in [2.75, 3.05) is 19.6 Å². The number of nitrogens with zero attached hydrogens (tertiary/aromatic N) is 1. The monoisotopic (exact) mass is 258 g/mol. The summed E-state index contributed by atoms with van der Waals surface area (Å²) < 4.78 is 0. The molecule has 3 unspecified atom stereocenters. The Bertz CT molecular complexity index is 443. The summed E-state index contributed by atoms with van der Waals surface area (Å²) in [6, 6.07) is 7.22. The summed E-state index contributed by atoms with van der Waals surface area (Å²) in [7, 11) is 0. The quantitative estimate of drug-likeness (QED) is 0.903. The van der Waals surface area contributed by atoms with Crippen LogP contribution in [0.4, 0.5) is 0 Å². The molecule has 1 aromatic rings. The molecule has 1 saturated heterocycles. The Labute approximate surface area is 117 Å². The zero-order chi connectivity index (χ0) is 13.4. The van der Waals surface area contributed by atoms with Gasteiger partial charge in [0.2, 0.25) is 0 Å². The number of nitrogens with two attached hydrogens (primary N) is 1. The van der Waals surface area contributed by atoms with Gasteiger partial charge in [0.15, 0.2) is 0 Å². The molecule has 1 aromatic carbocycles. The number of benzene rings is 1. The van der Waals surface area contributed by atoms with E-state index in [1.807, 2.05) is 0 Å². The molecule has 1 heterocycles. The van der Waals surface area contributed by atoms with Crippen LogP contribution in [0.15, 0.2) is 18.2 Å². The molecule has 2 aliphatic rings. The molecule has 19 heavy (non-hydrogen) atoms. The van der Waals surface area contributed by atoms with Crippen molar-refractivity contribution < 1.29 is 0 Å². The van der Waals surface area contributed by atoms with Crippen LogP contribution in [0, 0.1) is 25.7 Å². The fourth-order valence-corrected chi connectivity index (χ4v) is 4.20. The lowest BCUT2D eigenvalue weighted by atomic mass is 9.98. The lowest BCUT2D eigenvalue weighted by Gasteiger charge is -2.29. The second kappa shape index (κ2) is 5.26. The van der Waals surface area contributed by atoms with E-state index in [1.54, 1.807) is 0 Å². The van der Waals surface area contributed by atoms with Crippen molar-refractivity contribution in [1.82, 2.24) is 4.90 Å². The second-order valence-electron chi connectivity index (χ2n) is 6.52. The van der Waals surface area contributed by atoms with Crippen LogP contribution in [0.2, 0.25) is 0 Å². The molecule has 1 aliphatic carbocycles. The molecule has 2 fully saturated rings. The van der Waals surface area contributed by atoms with Crippen LogP contribution in [0.3, 0.4) is 0 Å². The average Bonchev–Trinajstić information content (AvgIpc) is 2.93. The number of fused-ring (bicyclic) bond motifs is 1. The summed E-state index contributed by atoms with van der Waals surface area (Å²) in [5.41, 5.74) is 10.3. The SMILES string of the molecule is Cc1ccc(C(CN)N2CC3CCCC3C2)c(C)c1. The predicted molar refractivity (Wildman–Crippen MR) is 80.1 cm³/mol. The maximum absolute atomic E-state index is 6.10. The Morgan fingerprint density at radius 2 is 1.89 bits per heavy atom. The van der Waals surface area contributed by atoms with Crippen molar-refractivity contribution in [2.45, 2.75) is 39.2 Å². The van der Waals surface area contributed by atoms with Gasteiger partial charge in [-0.1, -0.05) is 30.2 Å². The van der Waals surface area contributed by atoms with Gasteiger partial charge in [0.25, 0.3) is 0 Å². The van der Waals surface area contributed by atoms with Gasteiger partial charge in [-0.3, -0.25) is 4.90 Å². The number of rotatable bonds is 3. The first kappa shape index (κ1) is 13.1. The van der Waals surface area contributed by atoms with E-state index < -0.39 is 0 Å². The Balaban J connectivity index is 1.81. The molecule has 0 amide bonds. The van der Waals surface area contributed by atoms with Gasteiger partial charge in [0, 0.05) is 25.7 Å². The highest BCUT2D eigenvalue weighted by molar-refractivity contribution is 5.33. The second-order valence-corrected chi connectivity index (χ2v) is 6.52. The molecule has 3 rings (SSSR count). The molecule has 104 valence electrons. The van der Waals surface area contributed by atoms with Gasteiger partial charge >= 0.3 is 0 Å². The highest BCUT2D eigenvalue weighted by Crippen LogP contribution is 2.41. The van der Waals surface area contributed by atoms with E-state index in [2.05, 4.69) is 36.9 Å². The fraction of sp³-hybridized carbons (Fsp3) is 0.647. The largest absolute Gasteiger partial charge is 0.329 e. The molecule has 0 bridgehead atoms. The molecule has 0 aromatic heterocycles. The standard InChI is InChI=1S/C17H26N2/c1-12-6-7-16(13(2)8-12)17(9-18)19-10-14-4-3-5-15(14)11-19/h6-8,14-15,17H,3-5,9-11,18H2,1-2H3. The number of likely N-dealkylation sites (tertiary alicyclic amines) is 1. The minimum atomic E-state index is 0.422. The molecule has 0 spiro atoms. The Morgan fingerprint density at radius 1 is 1.21 bits per heavy atom. The third-order valence-corrected chi connectivity index (χ3v) is 5.20. The molecule has 0 radical (unpaired) electrons. The molecule has 1 aliphatic heterocycles. The molecule has 3 atom stereocenters. The van der Waals surface area contributed by atoms with Gasteiger partial charge < -0.3 is 5.73 Å². The van der Waals surface area contributed by atoms with Gasteiger partial charge in [-0.2, -0.15) is 0 Å². The van der Waals surface area contributed by atoms with Crippen LogP contribution >= 0.6 is 0 Å². The molecule has 2 heteroatoms. The maximum Gasteiger partial charge on any atom is 0.0473 e. The Hall–Kier alpha value is -0.860. The van der Waals surface area contributed by atoms with E-state index in [0.29, 0.717) is 6.04 Å². The summed E-state index contributed by atoms with van der Waals surface area (Å²) >= 11 is 0. The lowest BCUT2D eigenvalue weighted by Crippen LogP contribution is -2.33. The zero-order valence-corrected chi connectivity index (χ0v) is 12.2. The van der Waals surface area contributed by atoms with Crippen molar-refractivity contribution in [3.05, 3.63) is 34.9 Å². The lowest BCUT2D eigenvalue weighted by molar-refractivity contribution is 0.231. The number of hydrogen-bond donors (Lipinski definition) is 1. The highest BCUT2D eigenvalue weighted by Gasteiger charge is 2.38. The van der Waals surface area contributed by atoms with Gasteiger partial charge in [-0.25, -0.2) is 0 Å². The normalized spacial score (nSPS) is 28.6. The first-order valence-electron chi connectivity index (χ1n) is 7.70. The average molecular weight is 258 g/mol. The first-order valence-corrected chi connectivity index (χ1v) is 7.70. The van der Waals surface area contributed by atoms with E-state index in [1.165, 1.54) is 49.0 Å². The minimum Gasteiger partial charge on any atom is -0.329 e. The van der Waals surface area contributed by atoms with E-state index in [9.17, 15) is 0 Å². The van der Waals surface area contributed by atoms with Crippen LogP contribution in [0.5, 0.6) is 0 Å². The zero-order valence-electron chi connectivity index (χ0n) is 12.2. The first-order chi connectivity index (χ1) is 9.19. The van der Waals surface area contributed by atoms with E-state index in [-0.39, 0.29) is 0 Å². The molecular weight excluding hydrogens is 232 g/mol. The van der Waals surface area contributed by atoms with Gasteiger partial charge in [0.05, 0.1) is 0 Å². The van der Waals surface area contributed by atoms with E-state index >= 15 is 0 Å². The van der Waals surface area contributed by atoms with Gasteiger partial charge in [-0.05, 0) is 49.7 Å². The smallest absolute Gasteiger partial charge is 0.0473 e. The van der Waals surface area contributed by atoms with Crippen molar-refractivity contribution in [3.8, 4) is 0 Å². The molecule has 1 saturated carbocycles. The van der Waals surface area contributed by atoms with Gasteiger partial charge in [0.1, 0.15) is 0 Å². The van der Waals surface area contributed by atoms with Crippen LogP contribution in [0.1, 0.15) is 42.0 Å². The third-order valence-electron chi connectivity index (χ3n) is 5.20. The van der Waals surface area contributed by atoms with Crippen molar-refractivity contribution in [2.24, 2.45) is 17.6 Å². The van der Waals surface area contributed by atoms with Crippen LogP contribution < -0.4 is 5.73 Å². The Morgan fingerprint density at radius 3 is 2.47 bits per heavy atom. The van der Waals surface area contributed by atoms with Crippen LogP contribution in [-0.4, -0.2) is 24.5 Å². The van der Waals surface area contributed by atoms with Crippen molar-refractivity contribution in [3.63, 3.8) is 0 Å². The minimum absolute atomic E-state index is 0.422. The number of aryl methyl sites for hydroxylation is 2. The molecule has 2 nitrogen and oxygen atoms in total. The summed E-state index contributed by atoms with van der Waals surface area (Å²) in [4.78, 5) is 2.64. The predicted octanol–water partition coefficient (Wildman–Crippen LogP) is 3.04. The fourth-order valence-electron chi connectivity index (χ4n) is 4.20. The maximum atomic E-state index is 6.10. The highest BCUT2D eigenvalue weighted by atomic mass is 15.2. The summed E-state index contributed by atoms with van der Waals surface area (Å²) in [6.45, 7) is 7.65. The third kappa shape index (κ3) is 2.44.